The number of hydrogen-bond donors (Lipinski definition) is 1. The van der Waals surface area contributed by atoms with Crippen LogP contribution < -0.4 is 5.32 Å². The van der Waals surface area contributed by atoms with Crippen LogP contribution in [0.1, 0.15) is 55.8 Å². The van der Waals surface area contributed by atoms with Gasteiger partial charge in [-0.3, -0.25) is 9.36 Å². The van der Waals surface area contributed by atoms with E-state index in [1.807, 2.05) is 22.6 Å². The van der Waals surface area contributed by atoms with Gasteiger partial charge < -0.3 is 10.1 Å². The second-order valence-electron chi connectivity index (χ2n) is 7.74. The highest BCUT2D eigenvalue weighted by Crippen LogP contribution is 2.33. The summed E-state index contributed by atoms with van der Waals surface area (Å²) in [4.78, 5) is 0. The minimum atomic E-state index is 0.0151. The fourth-order valence-corrected chi connectivity index (χ4v) is 3.35. The van der Waals surface area contributed by atoms with E-state index in [-0.39, 0.29) is 11.6 Å². The molecule has 6 heteroatoms. The SMILES string of the molecule is Cc1nn(C)c(C)c1[C@@H]1OCC[C@H]1NCc1cnn(C(C)(C)C)c1. The second kappa shape index (κ2) is 6.33. The van der Waals surface area contributed by atoms with Crippen molar-refractivity contribution in [1.82, 2.24) is 24.9 Å². The number of ether oxygens (including phenoxy) is 1. The summed E-state index contributed by atoms with van der Waals surface area (Å²) in [7, 11) is 1.99. The van der Waals surface area contributed by atoms with Crippen molar-refractivity contribution in [3.8, 4) is 0 Å². The number of hydrogen-bond acceptors (Lipinski definition) is 4. The fraction of sp³-hybridized carbons (Fsp3) is 0.667. The summed E-state index contributed by atoms with van der Waals surface area (Å²) in [6.45, 7) is 12.2. The van der Waals surface area contributed by atoms with Crippen molar-refractivity contribution in [2.75, 3.05) is 6.61 Å². The molecule has 24 heavy (non-hydrogen) atoms. The van der Waals surface area contributed by atoms with Crippen LogP contribution >= 0.6 is 0 Å². The summed E-state index contributed by atoms with van der Waals surface area (Å²) in [6.07, 6.45) is 5.17. The lowest BCUT2D eigenvalue weighted by molar-refractivity contribution is 0.0974. The molecule has 0 bridgehead atoms. The molecule has 0 aliphatic carbocycles. The molecule has 2 aromatic heterocycles. The van der Waals surface area contributed by atoms with Crippen molar-refractivity contribution in [1.29, 1.82) is 0 Å². The maximum atomic E-state index is 6.04. The Labute approximate surface area is 144 Å². The van der Waals surface area contributed by atoms with Crippen molar-refractivity contribution in [2.45, 2.75) is 65.3 Å². The highest BCUT2D eigenvalue weighted by atomic mass is 16.5. The van der Waals surface area contributed by atoms with Crippen LogP contribution in [-0.2, 0) is 23.9 Å². The summed E-state index contributed by atoms with van der Waals surface area (Å²) in [5.74, 6) is 0. The third kappa shape index (κ3) is 3.26. The van der Waals surface area contributed by atoms with E-state index in [2.05, 4.69) is 56.3 Å². The predicted molar refractivity (Wildman–Crippen MR) is 93.8 cm³/mol. The lowest BCUT2D eigenvalue weighted by Crippen LogP contribution is -2.31. The summed E-state index contributed by atoms with van der Waals surface area (Å²) in [5, 5.41) is 12.7. The van der Waals surface area contributed by atoms with E-state index in [9.17, 15) is 0 Å². The monoisotopic (exact) mass is 331 g/mol. The Morgan fingerprint density at radius 2 is 2.08 bits per heavy atom. The maximum Gasteiger partial charge on any atom is 0.101 e. The van der Waals surface area contributed by atoms with Gasteiger partial charge >= 0.3 is 0 Å². The van der Waals surface area contributed by atoms with Crippen LogP contribution in [0.15, 0.2) is 12.4 Å². The van der Waals surface area contributed by atoms with Crippen LogP contribution in [0.4, 0.5) is 0 Å². The van der Waals surface area contributed by atoms with Crippen molar-refractivity contribution in [2.24, 2.45) is 7.05 Å². The Bertz CT molecular complexity index is 710. The number of aryl methyl sites for hydroxylation is 2. The van der Waals surface area contributed by atoms with Crippen molar-refractivity contribution < 1.29 is 4.74 Å². The van der Waals surface area contributed by atoms with Crippen LogP contribution in [0.3, 0.4) is 0 Å². The smallest absolute Gasteiger partial charge is 0.101 e. The second-order valence-corrected chi connectivity index (χ2v) is 7.74. The van der Waals surface area contributed by atoms with Gasteiger partial charge in [-0.2, -0.15) is 10.2 Å². The molecule has 1 aliphatic rings. The zero-order valence-electron chi connectivity index (χ0n) is 15.6. The Kier molecular flexibility index (Phi) is 4.53. The molecule has 1 aliphatic heterocycles. The topological polar surface area (TPSA) is 56.9 Å². The molecule has 1 saturated heterocycles. The number of aromatic nitrogens is 4. The fourth-order valence-electron chi connectivity index (χ4n) is 3.35. The third-order valence-corrected chi connectivity index (χ3v) is 4.83. The standard InChI is InChI=1S/C18H29N5O/c1-12-16(13(2)22(6)21-12)17-15(7-8-24-17)19-9-14-10-20-23(11-14)18(3,4)5/h10-11,15,17,19H,7-9H2,1-6H3/t15-,17-/m1/s1. The Hall–Kier alpha value is -1.66. The van der Waals surface area contributed by atoms with Crippen LogP contribution in [0.5, 0.6) is 0 Å². The lowest BCUT2D eigenvalue weighted by Gasteiger charge is -2.21. The van der Waals surface area contributed by atoms with Crippen LogP contribution in [0.25, 0.3) is 0 Å². The van der Waals surface area contributed by atoms with Gasteiger partial charge in [0, 0.05) is 49.3 Å². The molecule has 0 aromatic carbocycles. The largest absolute Gasteiger partial charge is 0.372 e. The van der Waals surface area contributed by atoms with E-state index in [1.165, 1.54) is 16.8 Å². The zero-order chi connectivity index (χ0) is 17.5. The molecule has 1 N–H and O–H groups in total. The molecule has 3 rings (SSSR count). The summed E-state index contributed by atoms with van der Waals surface area (Å²) >= 11 is 0. The first-order chi connectivity index (χ1) is 11.3. The van der Waals surface area contributed by atoms with Gasteiger partial charge in [-0.05, 0) is 41.0 Å². The quantitative estimate of drug-likeness (QED) is 0.936. The van der Waals surface area contributed by atoms with Gasteiger partial charge in [-0.25, -0.2) is 0 Å². The van der Waals surface area contributed by atoms with Gasteiger partial charge in [0.1, 0.15) is 6.10 Å². The molecule has 6 nitrogen and oxygen atoms in total. The predicted octanol–water partition coefficient (Wildman–Crippen LogP) is 2.61. The molecule has 2 atom stereocenters. The molecular formula is C18H29N5O. The van der Waals surface area contributed by atoms with Crippen LogP contribution in [0, 0.1) is 13.8 Å². The summed E-state index contributed by atoms with van der Waals surface area (Å²) < 4.78 is 10.00. The molecule has 132 valence electrons. The highest BCUT2D eigenvalue weighted by molar-refractivity contribution is 5.29. The van der Waals surface area contributed by atoms with E-state index in [0.29, 0.717) is 6.04 Å². The minimum Gasteiger partial charge on any atom is -0.372 e. The zero-order valence-corrected chi connectivity index (χ0v) is 15.6. The highest BCUT2D eigenvalue weighted by Gasteiger charge is 2.33. The first-order valence-electron chi connectivity index (χ1n) is 8.66. The first kappa shape index (κ1) is 17.2. The third-order valence-electron chi connectivity index (χ3n) is 4.83. The Morgan fingerprint density at radius 3 is 2.67 bits per heavy atom. The van der Waals surface area contributed by atoms with Crippen molar-refractivity contribution in [3.05, 3.63) is 34.9 Å². The molecule has 0 amide bonds. The van der Waals surface area contributed by atoms with Gasteiger partial charge in [-0.1, -0.05) is 0 Å². The number of nitrogens with one attached hydrogen (secondary N) is 1. The molecule has 0 unspecified atom stereocenters. The first-order valence-corrected chi connectivity index (χ1v) is 8.66. The Morgan fingerprint density at radius 1 is 1.33 bits per heavy atom. The summed E-state index contributed by atoms with van der Waals surface area (Å²) in [6, 6.07) is 0.310. The number of nitrogens with zero attached hydrogens (tertiary/aromatic N) is 4. The van der Waals surface area contributed by atoms with Gasteiger partial charge in [0.05, 0.1) is 17.4 Å². The van der Waals surface area contributed by atoms with E-state index in [1.54, 1.807) is 0 Å². The normalized spacial score (nSPS) is 21.6. The van der Waals surface area contributed by atoms with E-state index in [4.69, 9.17) is 4.74 Å². The van der Waals surface area contributed by atoms with E-state index in [0.717, 1.165) is 25.3 Å². The van der Waals surface area contributed by atoms with Crippen LogP contribution in [0.2, 0.25) is 0 Å². The molecule has 1 fully saturated rings. The molecular weight excluding hydrogens is 302 g/mol. The maximum absolute atomic E-state index is 6.04. The number of rotatable bonds is 4. The van der Waals surface area contributed by atoms with Gasteiger partial charge in [0.15, 0.2) is 0 Å². The average molecular weight is 331 g/mol. The molecule has 3 heterocycles. The van der Waals surface area contributed by atoms with Crippen molar-refractivity contribution >= 4 is 0 Å². The molecule has 0 saturated carbocycles. The molecule has 0 spiro atoms. The van der Waals surface area contributed by atoms with Crippen molar-refractivity contribution in [3.63, 3.8) is 0 Å². The minimum absolute atomic E-state index is 0.0151. The lowest BCUT2D eigenvalue weighted by atomic mass is 10.00. The Balaban J connectivity index is 1.69. The molecule has 0 radical (unpaired) electrons. The van der Waals surface area contributed by atoms with Crippen LogP contribution in [-0.4, -0.2) is 32.2 Å². The van der Waals surface area contributed by atoms with Gasteiger partial charge in [0.2, 0.25) is 0 Å². The average Bonchev–Trinajstić information content (AvgIpc) is 3.17. The van der Waals surface area contributed by atoms with Gasteiger partial charge in [0.25, 0.3) is 0 Å². The van der Waals surface area contributed by atoms with E-state index >= 15 is 0 Å². The molecule has 2 aromatic rings. The van der Waals surface area contributed by atoms with Gasteiger partial charge in [-0.15, -0.1) is 0 Å². The van der Waals surface area contributed by atoms with E-state index < -0.39 is 0 Å². The summed E-state index contributed by atoms with van der Waals surface area (Å²) in [5.41, 5.74) is 4.70.